The molecule has 5 nitrogen and oxygen atoms in total. The monoisotopic (exact) mass is 358 g/mol. The number of amides is 1. The normalized spacial score (nSPS) is 17.4. The van der Waals surface area contributed by atoms with Crippen LogP contribution in [0.1, 0.15) is 48.5 Å². The molecular weight excluding hydrogens is 336 g/mol. The van der Waals surface area contributed by atoms with E-state index in [9.17, 15) is 4.79 Å². The van der Waals surface area contributed by atoms with Gasteiger partial charge in [0, 0.05) is 35.7 Å². The number of benzene rings is 1. The van der Waals surface area contributed by atoms with E-state index in [2.05, 4.69) is 22.2 Å². The average molecular weight is 359 g/mol. The van der Waals surface area contributed by atoms with E-state index in [4.69, 9.17) is 11.6 Å². The lowest BCUT2D eigenvalue weighted by molar-refractivity contribution is 0.0607. The van der Waals surface area contributed by atoms with Gasteiger partial charge in [0.15, 0.2) is 0 Å². The van der Waals surface area contributed by atoms with Gasteiger partial charge in [0.2, 0.25) is 5.95 Å². The van der Waals surface area contributed by atoms with Crippen molar-refractivity contribution in [2.75, 3.05) is 11.9 Å². The number of halogens is 1. The number of piperidine rings is 1. The standard InChI is InChI=1S/C19H23ClN4O/c1-3-15-7-4-5-10-24(15)18(25)14-11-21-19(22-12-14)23-17-9-6-8-16(20)13(17)2/h6,8-9,11-12,15H,3-5,7,10H2,1-2H3,(H,21,22,23). The number of carbonyl (C=O) groups excluding carboxylic acids is 1. The van der Waals surface area contributed by atoms with Crippen LogP contribution >= 0.6 is 11.6 Å². The molecule has 1 aliphatic rings. The molecular formula is C19H23ClN4O. The van der Waals surface area contributed by atoms with Crippen LogP contribution in [0.5, 0.6) is 0 Å². The molecule has 0 aliphatic carbocycles. The predicted molar refractivity (Wildman–Crippen MR) is 100 cm³/mol. The van der Waals surface area contributed by atoms with Gasteiger partial charge in [-0.05, 0) is 50.3 Å². The van der Waals surface area contributed by atoms with E-state index < -0.39 is 0 Å². The van der Waals surface area contributed by atoms with Crippen molar-refractivity contribution < 1.29 is 4.79 Å². The summed E-state index contributed by atoms with van der Waals surface area (Å²) in [5.41, 5.74) is 2.33. The van der Waals surface area contributed by atoms with Crippen LogP contribution in [0.4, 0.5) is 11.6 Å². The maximum Gasteiger partial charge on any atom is 0.257 e. The fourth-order valence-corrected chi connectivity index (χ4v) is 3.40. The van der Waals surface area contributed by atoms with Gasteiger partial charge in [-0.3, -0.25) is 4.79 Å². The number of carbonyl (C=O) groups is 1. The van der Waals surface area contributed by atoms with E-state index in [1.54, 1.807) is 12.4 Å². The number of rotatable bonds is 4. The molecule has 0 spiro atoms. The van der Waals surface area contributed by atoms with Crippen LogP contribution in [0.15, 0.2) is 30.6 Å². The second kappa shape index (κ2) is 7.83. The number of aromatic nitrogens is 2. The Morgan fingerprint density at radius 1 is 1.32 bits per heavy atom. The fourth-order valence-electron chi connectivity index (χ4n) is 3.22. The lowest BCUT2D eigenvalue weighted by Gasteiger charge is -2.35. The molecule has 1 amide bonds. The molecule has 1 saturated heterocycles. The van der Waals surface area contributed by atoms with Crippen molar-refractivity contribution in [3.63, 3.8) is 0 Å². The maximum atomic E-state index is 12.7. The molecule has 1 N–H and O–H groups in total. The van der Waals surface area contributed by atoms with Gasteiger partial charge >= 0.3 is 0 Å². The summed E-state index contributed by atoms with van der Waals surface area (Å²) in [5, 5.41) is 3.83. The molecule has 3 rings (SSSR count). The zero-order chi connectivity index (χ0) is 17.8. The third-order valence-electron chi connectivity index (χ3n) is 4.77. The van der Waals surface area contributed by atoms with Crippen LogP contribution in [0.25, 0.3) is 0 Å². The maximum absolute atomic E-state index is 12.7. The Morgan fingerprint density at radius 2 is 2.08 bits per heavy atom. The molecule has 1 aromatic carbocycles. The van der Waals surface area contributed by atoms with E-state index in [-0.39, 0.29) is 5.91 Å². The largest absolute Gasteiger partial charge is 0.336 e. The summed E-state index contributed by atoms with van der Waals surface area (Å²) < 4.78 is 0. The third kappa shape index (κ3) is 3.93. The number of nitrogens with zero attached hydrogens (tertiary/aromatic N) is 3. The zero-order valence-electron chi connectivity index (χ0n) is 14.6. The SMILES string of the molecule is CCC1CCCCN1C(=O)c1cnc(Nc2cccc(Cl)c2C)nc1. The predicted octanol–water partition coefficient (Wildman–Crippen LogP) is 4.59. The van der Waals surface area contributed by atoms with Crippen molar-refractivity contribution in [2.45, 2.75) is 45.6 Å². The highest BCUT2D eigenvalue weighted by Crippen LogP contribution is 2.25. The quantitative estimate of drug-likeness (QED) is 0.868. The lowest BCUT2D eigenvalue weighted by atomic mass is 9.99. The Balaban J connectivity index is 1.73. The van der Waals surface area contributed by atoms with Crippen molar-refractivity contribution in [1.29, 1.82) is 0 Å². The first-order chi connectivity index (χ1) is 12.1. The average Bonchev–Trinajstić information content (AvgIpc) is 2.65. The minimum absolute atomic E-state index is 0.0250. The highest BCUT2D eigenvalue weighted by molar-refractivity contribution is 6.31. The summed E-state index contributed by atoms with van der Waals surface area (Å²) in [7, 11) is 0. The van der Waals surface area contributed by atoms with E-state index in [1.807, 2.05) is 30.0 Å². The number of nitrogens with one attached hydrogen (secondary N) is 1. The number of hydrogen-bond acceptors (Lipinski definition) is 4. The van der Waals surface area contributed by atoms with Crippen molar-refractivity contribution in [3.05, 3.63) is 46.7 Å². The van der Waals surface area contributed by atoms with Gasteiger partial charge in [0.1, 0.15) is 0 Å². The van der Waals surface area contributed by atoms with Crippen LogP contribution in [-0.2, 0) is 0 Å². The summed E-state index contributed by atoms with van der Waals surface area (Å²) in [4.78, 5) is 23.3. The van der Waals surface area contributed by atoms with Gasteiger partial charge in [-0.25, -0.2) is 9.97 Å². The molecule has 1 fully saturated rings. The number of likely N-dealkylation sites (tertiary alicyclic amines) is 1. The summed E-state index contributed by atoms with van der Waals surface area (Å²) >= 11 is 6.13. The summed E-state index contributed by atoms with van der Waals surface area (Å²) in [5.74, 6) is 0.477. The van der Waals surface area contributed by atoms with Crippen LogP contribution < -0.4 is 5.32 Å². The molecule has 1 unspecified atom stereocenters. The van der Waals surface area contributed by atoms with Gasteiger partial charge < -0.3 is 10.2 Å². The Hall–Kier alpha value is -2.14. The molecule has 0 saturated carbocycles. The van der Waals surface area contributed by atoms with Gasteiger partial charge in [0.25, 0.3) is 5.91 Å². The fraction of sp³-hybridized carbons (Fsp3) is 0.421. The molecule has 25 heavy (non-hydrogen) atoms. The van der Waals surface area contributed by atoms with Crippen LogP contribution in [0.2, 0.25) is 5.02 Å². The third-order valence-corrected chi connectivity index (χ3v) is 5.18. The van der Waals surface area contributed by atoms with E-state index in [1.165, 1.54) is 6.42 Å². The summed E-state index contributed by atoms with van der Waals surface area (Å²) in [6.07, 6.45) is 7.52. The van der Waals surface area contributed by atoms with Crippen LogP contribution in [0, 0.1) is 6.92 Å². The van der Waals surface area contributed by atoms with E-state index >= 15 is 0 Å². The molecule has 2 aromatic rings. The first-order valence-electron chi connectivity index (χ1n) is 8.75. The molecule has 1 atom stereocenters. The van der Waals surface area contributed by atoms with Gasteiger partial charge in [-0.15, -0.1) is 0 Å². The van der Waals surface area contributed by atoms with Crippen molar-refractivity contribution in [1.82, 2.24) is 14.9 Å². The number of anilines is 2. The van der Waals surface area contributed by atoms with Crippen LogP contribution in [-0.4, -0.2) is 33.4 Å². The smallest absolute Gasteiger partial charge is 0.257 e. The lowest BCUT2D eigenvalue weighted by Crippen LogP contribution is -2.43. The molecule has 1 aromatic heterocycles. The molecule has 0 radical (unpaired) electrons. The first-order valence-corrected chi connectivity index (χ1v) is 9.13. The Kier molecular flexibility index (Phi) is 5.53. The molecule has 1 aliphatic heterocycles. The molecule has 132 valence electrons. The minimum Gasteiger partial charge on any atom is -0.336 e. The summed E-state index contributed by atoms with van der Waals surface area (Å²) in [6, 6.07) is 5.96. The second-order valence-electron chi connectivity index (χ2n) is 6.39. The highest BCUT2D eigenvalue weighted by Gasteiger charge is 2.26. The summed E-state index contributed by atoms with van der Waals surface area (Å²) in [6.45, 7) is 4.88. The van der Waals surface area contributed by atoms with E-state index in [0.29, 0.717) is 22.6 Å². The second-order valence-corrected chi connectivity index (χ2v) is 6.80. The Morgan fingerprint density at radius 3 is 2.80 bits per heavy atom. The highest BCUT2D eigenvalue weighted by atomic mass is 35.5. The minimum atomic E-state index is 0.0250. The van der Waals surface area contributed by atoms with Crippen LogP contribution in [0.3, 0.4) is 0 Å². The first kappa shape index (κ1) is 17.7. The Bertz CT molecular complexity index is 748. The number of hydrogen-bond donors (Lipinski definition) is 1. The van der Waals surface area contributed by atoms with Crippen molar-refractivity contribution in [2.24, 2.45) is 0 Å². The van der Waals surface area contributed by atoms with Gasteiger partial charge in [0.05, 0.1) is 5.56 Å². The topological polar surface area (TPSA) is 58.1 Å². The molecule has 0 bridgehead atoms. The van der Waals surface area contributed by atoms with Gasteiger partial charge in [-0.2, -0.15) is 0 Å². The van der Waals surface area contributed by atoms with Crippen molar-refractivity contribution >= 4 is 29.1 Å². The Labute approximate surface area is 153 Å². The zero-order valence-corrected chi connectivity index (χ0v) is 15.4. The van der Waals surface area contributed by atoms with Gasteiger partial charge in [-0.1, -0.05) is 24.6 Å². The molecule has 2 heterocycles. The van der Waals surface area contributed by atoms with Crippen molar-refractivity contribution in [3.8, 4) is 0 Å². The van der Waals surface area contributed by atoms with E-state index in [0.717, 1.165) is 37.1 Å². The molecule has 6 heteroatoms.